The summed E-state index contributed by atoms with van der Waals surface area (Å²) in [5.41, 5.74) is 2.77. The van der Waals surface area contributed by atoms with Gasteiger partial charge in [0.05, 0.1) is 20.3 Å². The third-order valence-electron chi connectivity index (χ3n) is 5.97. The molecule has 3 aromatic rings. The van der Waals surface area contributed by atoms with Crippen molar-refractivity contribution in [1.82, 2.24) is 10.2 Å². The molecule has 0 saturated carbocycles. The zero-order chi connectivity index (χ0) is 24.1. The summed E-state index contributed by atoms with van der Waals surface area (Å²) in [7, 11) is 3.25. The van der Waals surface area contributed by atoms with Gasteiger partial charge in [-0.3, -0.25) is 9.59 Å². The quantitative estimate of drug-likeness (QED) is 0.438. The Kier molecular flexibility index (Phi) is 7.75. The van der Waals surface area contributed by atoms with E-state index in [0.717, 1.165) is 22.4 Å². The van der Waals surface area contributed by atoms with Crippen molar-refractivity contribution >= 4 is 34.8 Å². The monoisotopic (exact) mass is 498 g/mol. The van der Waals surface area contributed by atoms with Gasteiger partial charge in [0.1, 0.15) is 0 Å². The van der Waals surface area contributed by atoms with Crippen LogP contribution in [0.25, 0.3) is 0 Å². The smallest absolute Gasteiger partial charge is 0.251 e. The third kappa shape index (κ3) is 5.21. The number of rotatable bonds is 8. The van der Waals surface area contributed by atoms with Gasteiger partial charge in [-0.2, -0.15) is 0 Å². The Morgan fingerprint density at radius 3 is 2.53 bits per heavy atom. The number of hydrogen-bond acceptors (Lipinski definition) is 5. The summed E-state index contributed by atoms with van der Waals surface area (Å²) in [5, 5.41) is 5.49. The zero-order valence-corrected chi connectivity index (χ0v) is 20.7. The number of nitrogens with one attached hydrogen (secondary N) is 1. The fraction of sp³-hybridized carbons (Fsp3) is 0.308. The number of carbonyl (C=O) groups is 2. The fourth-order valence-corrected chi connectivity index (χ4v) is 5.24. The van der Waals surface area contributed by atoms with Crippen molar-refractivity contribution in [2.75, 3.05) is 27.3 Å². The van der Waals surface area contributed by atoms with Gasteiger partial charge in [-0.1, -0.05) is 17.7 Å². The van der Waals surface area contributed by atoms with Crippen LogP contribution in [0.4, 0.5) is 0 Å². The molecule has 0 saturated heterocycles. The van der Waals surface area contributed by atoms with Crippen LogP contribution in [0.3, 0.4) is 0 Å². The highest BCUT2D eigenvalue weighted by Gasteiger charge is 2.33. The number of ether oxygens (including phenoxy) is 2. The van der Waals surface area contributed by atoms with Gasteiger partial charge in [-0.25, -0.2) is 0 Å². The highest BCUT2D eigenvalue weighted by atomic mass is 35.5. The normalized spacial score (nSPS) is 14.9. The average Bonchev–Trinajstić information content (AvgIpc) is 3.39. The maximum Gasteiger partial charge on any atom is 0.251 e. The molecule has 1 unspecified atom stereocenters. The van der Waals surface area contributed by atoms with E-state index in [1.807, 2.05) is 28.5 Å². The third-order valence-corrected chi connectivity index (χ3v) is 7.14. The van der Waals surface area contributed by atoms with Gasteiger partial charge in [0, 0.05) is 35.0 Å². The second-order valence-corrected chi connectivity index (χ2v) is 9.44. The van der Waals surface area contributed by atoms with E-state index in [1.54, 1.807) is 49.8 Å². The van der Waals surface area contributed by atoms with Crippen LogP contribution in [0.5, 0.6) is 11.5 Å². The van der Waals surface area contributed by atoms with E-state index in [0.29, 0.717) is 48.0 Å². The average molecular weight is 499 g/mol. The predicted octanol–water partition coefficient (Wildman–Crippen LogP) is 5.10. The lowest BCUT2D eigenvalue weighted by atomic mass is 9.90. The minimum atomic E-state index is -0.173. The standard InChI is InChI=1S/C26H27ClN2O4S/c1-32-21-15-18-11-13-29(25(23-5-4-14-34-23)20(18)16-22(21)33-2)24(30)6-3-12-28-26(31)17-7-9-19(27)10-8-17/h4-5,7-10,14-16,25H,3,6,11-13H2,1-2H3,(H,28,31). The Hall–Kier alpha value is -3.03. The van der Waals surface area contributed by atoms with Crippen molar-refractivity contribution in [2.45, 2.75) is 25.3 Å². The van der Waals surface area contributed by atoms with Crippen molar-refractivity contribution in [3.8, 4) is 11.5 Å². The van der Waals surface area contributed by atoms with Gasteiger partial charge < -0.3 is 19.7 Å². The van der Waals surface area contributed by atoms with E-state index >= 15 is 0 Å². The molecule has 2 heterocycles. The molecule has 0 spiro atoms. The second kappa shape index (κ2) is 10.9. The molecule has 8 heteroatoms. The first-order valence-corrected chi connectivity index (χ1v) is 12.4. The lowest BCUT2D eigenvalue weighted by molar-refractivity contribution is -0.133. The van der Waals surface area contributed by atoms with Gasteiger partial charge in [-0.15, -0.1) is 11.3 Å². The fourth-order valence-electron chi connectivity index (χ4n) is 4.26. The molecule has 1 aliphatic rings. The molecule has 0 fully saturated rings. The molecule has 1 aromatic heterocycles. The molecule has 0 aliphatic carbocycles. The van der Waals surface area contributed by atoms with Gasteiger partial charge in [0.2, 0.25) is 5.91 Å². The van der Waals surface area contributed by atoms with Crippen LogP contribution in [-0.4, -0.2) is 44.0 Å². The molecular formula is C26H27ClN2O4S. The van der Waals surface area contributed by atoms with Gasteiger partial charge in [0.15, 0.2) is 11.5 Å². The largest absolute Gasteiger partial charge is 0.493 e. The van der Waals surface area contributed by atoms with Crippen LogP contribution in [-0.2, 0) is 11.2 Å². The topological polar surface area (TPSA) is 67.9 Å². The summed E-state index contributed by atoms with van der Waals surface area (Å²) in [4.78, 5) is 28.6. The summed E-state index contributed by atoms with van der Waals surface area (Å²) < 4.78 is 11.0. The van der Waals surface area contributed by atoms with Crippen LogP contribution < -0.4 is 14.8 Å². The number of halogens is 1. The zero-order valence-electron chi connectivity index (χ0n) is 19.2. The van der Waals surface area contributed by atoms with Crippen LogP contribution in [0.1, 0.15) is 45.2 Å². The molecule has 1 atom stereocenters. The number of amides is 2. The summed E-state index contributed by atoms with van der Waals surface area (Å²) in [6.07, 6.45) is 1.66. The Labute approximate surface area is 208 Å². The molecule has 6 nitrogen and oxygen atoms in total. The minimum absolute atomic E-state index is 0.0691. The first-order chi connectivity index (χ1) is 16.5. The summed E-state index contributed by atoms with van der Waals surface area (Å²) in [6.45, 7) is 1.05. The highest BCUT2D eigenvalue weighted by molar-refractivity contribution is 7.10. The van der Waals surface area contributed by atoms with Crippen molar-refractivity contribution in [3.63, 3.8) is 0 Å². The van der Waals surface area contributed by atoms with Crippen LogP contribution in [0.15, 0.2) is 53.9 Å². The van der Waals surface area contributed by atoms with Crippen molar-refractivity contribution < 1.29 is 19.1 Å². The minimum Gasteiger partial charge on any atom is -0.493 e. The van der Waals surface area contributed by atoms with E-state index in [1.165, 1.54) is 0 Å². The first kappa shape index (κ1) is 24.1. The van der Waals surface area contributed by atoms with E-state index in [4.69, 9.17) is 21.1 Å². The molecule has 1 aliphatic heterocycles. The number of methoxy groups -OCH3 is 2. The van der Waals surface area contributed by atoms with Gasteiger partial charge in [0.25, 0.3) is 5.91 Å². The predicted molar refractivity (Wildman–Crippen MR) is 134 cm³/mol. The van der Waals surface area contributed by atoms with E-state index in [-0.39, 0.29) is 17.9 Å². The second-order valence-electron chi connectivity index (χ2n) is 8.03. The summed E-state index contributed by atoms with van der Waals surface area (Å²) in [6, 6.07) is 14.6. The molecule has 0 bridgehead atoms. The lowest BCUT2D eigenvalue weighted by Gasteiger charge is -2.37. The van der Waals surface area contributed by atoms with E-state index < -0.39 is 0 Å². The summed E-state index contributed by atoms with van der Waals surface area (Å²) in [5.74, 6) is 1.25. The maximum atomic E-state index is 13.3. The number of nitrogens with zero attached hydrogens (tertiary/aromatic N) is 1. The number of carbonyl (C=O) groups excluding carboxylic acids is 2. The van der Waals surface area contributed by atoms with Gasteiger partial charge >= 0.3 is 0 Å². The lowest BCUT2D eigenvalue weighted by Crippen LogP contribution is -2.40. The van der Waals surface area contributed by atoms with Crippen LogP contribution >= 0.6 is 22.9 Å². The SMILES string of the molecule is COc1cc2c(cc1OC)C(c1cccs1)N(C(=O)CCCNC(=O)c1ccc(Cl)cc1)CC2. The molecule has 4 rings (SSSR count). The Bertz CT molecular complexity index is 1150. The Balaban J connectivity index is 1.45. The highest BCUT2D eigenvalue weighted by Crippen LogP contribution is 2.42. The number of fused-ring (bicyclic) bond motifs is 1. The number of thiophene rings is 1. The van der Waals surface area contributed by atoms with Crippen molar-refractivity contribution in [1.29, 1.82) is 0 Å². The maximum absolute atomic E-state index is 13.3. The summed E-state index contributed by atoms with van der Waals surface area (Å²) >= 11 is 7.51. The molecule has 178 valence electrons. The molecule has 2 amide bonds. The van der Waals surface area contributed by atoms with Crippen LogP contribution in [0, 0.1) is 0 Å². The van der Waals surface area contributed by atoms with Gasteiger partial charge in [-0.05, 0) is 71.8 Å². The van der Waals surface area contributed by atoms with E-state index in [2.05, 4.69) is 11.4 Å². The molecule has 1 N–H and O–H groups in total. The number of hydrogen-bond donors (Lipinski definition) is 1. The molecule has 2 aromatic carbocycles. The molecule has 34 heavy (non-hydrogen) atoms. The van der Waals surface area contributed by atoms with Crippen molar-refractivity contribution in [3.05, 3.63) is 80.5 Å². The van der Waals surface area contributed by atoms with Crippen molar-refractivity contribution in [2.24, 2.45) is 0 Å². The van der Waals surface area contributed by atoms with E-state index in [9.17, 15) is 9.59 Å². The molecule has 0 radical (unpaired) electrons. The Morgan fingerprint density at radius 2 is 1.85 bits per heavy atom. The molecular weight excluding hydrogens is 472 g/mol. The number of benzene rings is 2. The van der Waals surface area contributed by atoms with Crippen LogP contribution in [0.2, 0.25) is 5.02 Å². The Morgan fingerprint density at radius 1 is 1.12 bits per heavy atom. The first-order valence-electron chi connectivity index (χ1n) is 11.1.